The van der Waals surface area contributed by atoms with Crippen LogP contribution in [0, 0.1) is 0 Å². The fourth-order valence-corrected chi connectivity index (χ4v) is 1.48. The summed E-state index contributed by atoms with van der Waals surface area (Å²) in [4.78, 5) is 25.0. The predicted molar refractivity (Wildman–Crippen MR) is 64.1 cm³/mol. The third-order valence-corrected chi connectivity index (χ3v) is 2.49. The average Bonchev–Trinajstić information content (AvgIpc) is 2.76. The molecule has 0 aliphatic rings. The summed E-state index contributed by atoms with van der Waals surface area (Å²) in [6, 6.07) is 2.80. The first-order valence-corrected chi connectivity index (χ1v) is 5.46. The number of nitrogens with one attached hydrogen (secondary N) is 2. The van der Waals surface area contributed by atoms with Gasteiger partial charge in [-0.1, -0.05) is 0 Å². The van der Waals surface area contributed by atoms with Crippen LogP contribution in [0.15, 0.2) is 29.5 Å². The highest BCUT2D eigenvalue weighted by Gasteiger charge is 2.06. The van der Waals surface area contributed by atoms with Crippen molar-refractivity contribution in [2.45, 2.75) is 6.42 Å². The summed E-state index contributed by atoms with van der Waals surface area (Å²) in [5.74, 6) is 0.574. The van der Waals surface area contributed by atoms with Gasteiger partial charge in [-0.05, 0) is 6.07 Å². The average molecular weight is 247 g/mol. The number of rotatable bonds is 4. The molecule has 2 rings (SSSR count). The Labute approximate surface area is 103 Å². The number of H-pyrrole nitrogens is 1. The van der Waals surface area contributed by atoms with E-state index >= 15 is 0 Å². The van der Waals surface area contributed by atoms with Gasteiger partial charge < -0.3 is 14.9 Å². The molecule has 2 N–H and O–H groups in total. The number of carbonyl (C=O) groups is 1. The fraction of sp³-hybridized carbons (Fsp3) is 0.273. The minimum atomic E-state index is -0.231. The van der Waals surface area contributed by atoms with Gasteiger partial charge in [-0.15, -0.1) is 10.2 Å². The zero-order valence-corrected chi connectivity index (χ0v) is 9.88. The van der Waals surface area contributed by atoms with E-state index < -0.39 is 0 Å². The van der Waals surface area contributed by atoms with Crippen molar-refractivity contribution >= 4 is 5.91 Å². The van der Waals surface area contributed by atoms with E-state index in [9.17, 15) is 9.59 Å². The highest BCUT2D eigenvalue weighted by molar-refractivity contribution is 5.93. The molecule has 0 fully saturated rings. The largest absolute Gasteiger partial charge is 0.352 e. The molecule has 0 bridgehead atoms. The SMILES string of the molecule is Cn1cnnc1CCNC(=O)c1ccc(=O)[nH]c1. The number of amides is 1. The van der Waals surface area contributed by atoms with E-state index in [0.29, 0.717) is 18.5 Å². The maximum atomic E-state index is 11.7. The summed E-state index contributed by atoms with van der Waals surface area (Å²) in [5.41, 5.74) is 0.193. The minimum Gasteiger partial charge on any atom is -0.352 e. The highest BCUT2D eigenvalue weighted by atomic mass is 16.1. The number of pyridine rings is 1. The first kappa shape index (κ1) is 12.0. The first-order chi connectivity index (χ1) is 8.66. The van der Waals surface area contributed by atoms with E-state index in [4.69, 9.17) is 0 Å². The summed E-state index contributed by atoms with van der Waals surface area (Å²) in [6.07, 6.45) is 3.60. The number of hydrogen-bond donors (Lipinski definition) is 2. The lowest BCUT2D eigenvalue weighted by Crippen LogP contribution is -2.27. The quantitative estimate of drug-likeness (QED) is 0.760. The summed E-state index contributed by atoms with van der Waals surface area (Å²) in [6.45, 7) is 0.463. The van der Waals surface area contributed by atoms with Gasteiger partial charge in [0.25, 0.3) is 5.91 Å². The zero-order valence-electron chi connectivity index (χ0n) is 9.88. The van der Waals surface area contributed by atoms with Gasteiger partial charge in [-0.3, -0.25) is 9.59 Å². The lowest BCUT2D eigenvalue weighted by Gasteiger charge is -2.04. The standard InChI is InChI=1S/C11H13N5O2/c1-16-7-14-15-9(16)4-5-12-11(18)8-2-3-10(17)13-6-8/h2-3,6-7H,4-5H2,1H3,(H,12,18)(H,13,17). The van der Waals surface area contributed by atoms with E-state index in [2.05, 4.69) is 20.5 Å². The maximum Gasteiger partial charge on any atom is 0.252 e. The molecule has 7 heteroatoms. The number of nitrogens with zero attached hydrogens (tertiary/aromatic N) is 3. The monoisotopic (exact) mass is 247 g/mol. The minimum absolute atomic E-state index is 0.228. The molecule has 2 heterocycles. The third kappa shape index (κ3) is 2.82. The summed E-state index contributed by atoms with van der Waals surface area (Å²) in [5, 5.41) is 10.4. The van der Waals surface area contributed by atoms with Gasteiger partial charge in [0.05, 0.1) is 5.56 Å². The predicted octanol–water partition coefficient (Wildman–Crippen LogP) is -0.524. The van der Waals surface area contributed by atoms with Crippen molar-refractivity contribution in [3.05, 3.63) is 46.4 Å². The number of aromatic amines is 1. The Morgan fingerprint density at radius 1 is 1.50 bits per heavy atom. The molecular formula is C11H13N5O2. The van der Waals surface area contributed by atoms with Crippen molar-refractivity contribution in [2.75, 3.05) is 6.54 Å². The Bertz CT molecular complexity index is 581. The molecule has 0 aliphatic carbocycles. The van der Waals surface area contributed by atoms with Crippen molar-refractivity contribution in [2.24, 2.45) is 7.05 Å². The second-order valence-corrected chi connectivity index (χ2v) is 3.81. The molecule has 7 nitrogen and oxygen atoms in total. The van der Waals surface area contributed by atoms with Crippen LogP contribution in [0.2, 0.25) is 0 Å². The van der Waals surface area contributed by atoms with Crippen molar-refractivity contribution in [3.63, 3.8) is 0 Å². The molecule has 0 unspecified atom stereocenters. The molecule has 1 amide bonds. The first-order valence-electron chi connectivity index (χ1n) is 5.46. The van der Waals surface area contributed by atoms with Gasteiger partial charge in [0.1, 0.15) is 12.2 Å². The summed E-state index contributed by atoms with van der Waals surface area (Å²) in [7, 11) is 1.85. The van der Waals surface area contributed by atoms with Gasteiger partial charge in [-0.25, -0.2) is 0 Å². The Morgan fingerprint density at radius 3 is 2.94 bits per heavy atom. The van der Waals surface area contributed by atoms with Crippen molar-refractivity contribution in [1.82, 2.24) is 25.1 Å². The summed E-state index contributed by atoms with van der Waals surface area (Å²) < 4.78 is 1.80. The van der Waals surface area contributed by atoms with E-state index in [-0.39, 0.29) is 11.5 Å². The van der Waals surface area contributed by atoms with Crippen LogP contribution in [0.4, 0.5) is 0 Å². The van der Waals surface area contributed by atoms with Crippen LogP contribution < -0.4 is 10.9 Å². The molecule has 0 radical (unpaired) electrons. The Morgan fingerprint density at radius 2 is 2.33 bits per heavy atom. The molecule has 94 valence electrons. The Kier molecular flexibility index (Phi) is 3.52. The third-order valence-electron chi connectivity index (χ3n) is 2.49. The van der Waals surface area contributed by atoms with Crippen LogP contribution in [0.3, 0.4) is 0 Å². The Hall–Kier alpha value is -2.44. The summed E-state index contributed by atoms with van der Waals surface area (Å²) >= 11 is 0. The molecule has 0 atom stereocenters. The normalized spacial score (nSPS) is 10.3. The van der Waals surface area contributed by atoms with Crippen LogP contribution in [0.1, 0.15) is 16.2 Å². The molecule has 18 heavy (non-hydrogen) atoms. The molecule has 2 aromatic heterocycles. The molecule has 0 spiro atoms. The molecule has 2 aromatic rings. The molecule has 0 saturated carbocycles. The second kappa shape index (κ2) is 5.26. The molecule has 0 saturated heterocycles. The molecule has 0 aliphatic heterocycles. The number of carbonyl (C=O) groups excluding carboxylic acids is 1. The van der Waals surface area contributed by atoms with Crippen LogP contribution >= 0.6 is 0 Å². The Balaban J connectivity index is 1.87. The van der Waals surface area contributed by atoms with E-state index in [1.54, 1.807) is 10.9 Å². The van der Waals surface area contributed by atoms with E-state index in [1.165, 1.54) is 18.3 Å². The topological polar surface area (TPSA) is 92.7 Å². The van der Waals surface area contributed by atoms with Crippen LogP contribution in [-0.2, 0) is 13.5 Å². The maximum absolute atomic E-state index is 11.7. The second-order valence-electron chi connectivity index (χ2n) is 3.81. The number of aromatic nitrogens is 4. The molecular weight excluding hydrogens is 234 g/mol. The fourth-order valence-electron chi connectivity index (χ4n) is 1.48. The number of hydrogen-bond acceptors (Lipinski definition) is 4. The van der Waals surface area contributed by atoms with Crippen LogP contribution in [0.5, 0.6) is 0 Å². The van der Waals surface area contributed by atoms with E-state index in [1.807, 2.05) is 7.05 Å². The highest BCUT2D eigenvalue weighted by Crippen LogP contribution is 1.94. The van der Waals surface area contributed by atoms with Crippen LogP contribution in [-0.4, -0.2) is 32.2 Å². The van der Waals surface area contributed by atoms with E-state index in [0.717, 1.165) is 5.82 Å². The lowest BCUT2D eigenvalue weighted by molar-refractivity contribution is 0.0953. The van der Waals surface area contributed by atoms with Crippen LogP contribution in [0.25, 0.3) is 0 Å². The molecule has 0 aromatic carbocycles. The van der Waals surface area contributed by atoms with Gasteiger partial charge in [0.15, 0.2) is 0 Å². The van der Waals surface area contributed by atoms with Gasteiger partial charge in [0, 0.05) is 32.3 Å². The van der Waals surface area contributed by atoms with Crippen molar-refractivity contribution in [3.8, 4) is 0 Å². The van der Waals surface area contributed by atoms with Gasteiger partial charge in [0.2, 0.25) is 5.56 Å². The zero-order chi connectivity index (χ0) is 13.0. The van der Waals surface area contributed by atoms with Gasteiger partial charge in [-0.2, -0.15) is 0 Å². The lowest BCUT2D eigenvalue weighted by atomic mass is 10.2. The van der Waals surface area contributed by atoms with Crippen molar-refractivity contribution < 1.29 is 4.79 Å². The van der Waals surface area contributed by atoms with Crippen molar-refractivity contribution in [1.29, 1.82) is 0 Å². The number of aryl methyl sites for hydroxylation is 1. The van der Waals surface area contributed by atoms with Gasteiger partial charge >= 0.3 is 0 Å². The smallest absolute Gasteiger partial charge is 0.252 e.